The average molecular weight is 421 g/mol. The topological polar surface area (TPSA) is 75.2 Å². The molecule has 4 rings (SSSR count). The highest BCUT2D eigenvalue weighted by Gasteiger charge is 2.42. The van der Waals surface area contributed by atoms with Crippen LogP contribution in [0.25, 0.3) is 0 Å². The Balaban J connectivity index is 1.64. The molecule has 0 bridgehead atoms. The van der Waals surface area contributed by atoms with Crippen LogP contribution in [-0.4, -0.2) is 32.3 Å². The van der Waals surface area contributed by atoms with Gasteiger partial charge in [-0.15, -0.1) is 5.10 Å². The first-order valence-electron chi connectivity index (χ1n) is 10.2. The van der Waals surface area contributed by atoms with Crippen molar-refractivity contribution in [3.63, 3.8) is 0 Å². The minimum absolute atomic E-state index is 0.0394. The first-order valence-corrected chi connectivity index (χ1v) is 11.0. The predicted molar refractivity (Wildman–Crippen MR) is 116 cm³/mol. The van der Waals surface area contributed by atoms with Crippen molar-refractivity contribution < 1.29 is 9.59 Å². The van der Waals surface area contributed by atoms with Gasteiger partial charge in [0, 0.05) is 18.0 Å². The fourth-order valence-electron chi connectivity index (χ4n) is 3.49. The van der Waals surface area contributed by atoms with Crippen molar-refractivity contribution in [2.24, 2.45) is 0 Å². The highest BCUT2D eigenvalue weighted by molar-refractivity contribution is 7.03. The third kappa shape index (κ3) is 4.57. The molecule has 1 N–H and O–H groups in total. The molecule has 1 atom stereocenters. The monoisotopic (exact) mass is 420 g/mol. The molecular formula is C23H24N4O2S. The van der Waals surface area contributed by atoms with E-state index < -0.39 is 6.04 Å². The van der Waals surface area contributed by atoms with Crippen molar-refractivity contribution in [3.05, 3.63) is 82.4 Å². The van der Waals surface area contributed by atoms with Crippen molar-refractivity contribution in [2.75, 3.05) is 0 Å². The van der Waals surface area contributed by atoms with E-state index >= 15 is 0 Å². The van der Waals surface area contributed by atoms with E-state index in [1.165, 1.54) is 5.56 Å². The molecule has 0 spiro atoms. The zero-order chi connectivity index (χ0) is 20.9. The lowest BCUT2D eigenvalue weighted by Gasteiger charge is -2.31. The molecule has 1 fully saturated rings. The third-order valence-corrected chi connectivity index (χ3v) is 5.80. The van der Waals surface area contributed by atoms with Crippen LogP contribution in [0.1, 0.15) is 53.0 Å². The number of benzene rings is 2. The van der Waals surface area contributed by atoms with Crippen LogP contribution in [0.5, 0.6) is 0 Å². The Hall–Kier alpha value is -3.06. The fourth-order valence-corrected chi connectivity index (χ4v) is 3.92. The van der Waals surface area contributed by atoms with Gasteiger partial charge in [0.25, 0.3) is 5.91 Å². The highest BCUT2D eigenvalue weighted by Crippen LogP contribution is 2.36. The summed E-state index contributed by atoms with van der Waals surface area (Å²) in [6.45, 7) is 2.50. The highest BCUT2D eigenvalue weighted by atomic mass is 32.1. The molecule has 1 aliphatic rings. The van der Waals surface area contributed by atoms with E-state index in [4.69, 9.17) is 0 Å². The Morgan fingerprint density at radius 2 is 1.83 bits per heavy atom. The largest absolute Gasteiger partial charge is 0.350 e. The number of hydrogen-bond donors (Lipinski definition) is 1. The van der Waals surface area contributed by atoms with Crippen LogP contribution in [0.15, 0.2) is 60.0 Å². The smallest absolute Gasteiger partial charge is 0.276 e. The van der Waals surface area contributed by atoms with Gasteiger partial charge in [-0.05, 0) is 47.5 Å². The first-order chi connectivity index (χ1) is 14.7. The second-order valence-electron chi connectivity index (χ2n) is 7.43. The van der Waals surface area contributed by atoms with Gasteiger partial charge >= 0.3 is 0 Å². The molecule has 7 heteroatoms. The lowest BCUT2D eigenvalue weighted by Crippen LogP contribution is -2.45. The number of rotatable bonds is 8. The second kappa shape index (κ2) is 9.17. The van der Waals surface area contributed by atoms with Crippen LogP contribution in [0, 0.1) is 0 Å². The van der Waals surface area contributed by atoms with Gasteiger partial charge in [-0.25, -0.2) is 0 Å². The number of carbonyl (C=O) groups is 2. The van der Waals surface area contributed by atoms with Gasteiger partial charge in [0.05, 0.1) is 0 Å². The Morgan fingerprint density at radius 3 is 2.43 bits per heavy atom. The van der Waals surface area contributed by atoms with E-state index in [2.05, 4.69) is 21.8 Å². The molecule has 1 aliphatic carbocycles. The third-order valence-electron chi connectivity index (χ3n) is 5.29. The van der Waals surface area contributed by atoms with Gasteiger partial charge in [0.15, 0.2) is 5.69 Å². The summed E-state index contributed by atoms with van der Waals surface area (Å²) in [7, 11) is 0. The lowest BCUT2D eigenvalue weighted by atomic mass is 10.0. The maximum Gasteiger partial charge on any atom is 0.276 e. The summed E-state index contributed by atoms with van der Waals surface area (Å²) in [5.41, 5.74) is 3.30. The van der Waals surface area contributed by atoms with Crippen LogP contribution in [-0.2, 0) is 17.8 Å². The Morgan fingerprint density at radius 1 is 1.10 bits per heavy atom. The molecule has 2 amide bonds. The summed E-state index contributed by atoms with van der Waals surface area (Å²) in [6.07, 6.45) is 2.69. The summed E-state index contributed by atoms with van der Waals surface area (Å²) in [4.78, 5) is 28.3. The maximum atomic E-state index is 13.4. The van der Waals surface area contributed by atoms with Crippen molar-refractivity contribution >= 4 is 23.3 Å². The summed E-state index contributed by atoms with van der Waals surface area (Å²) in [5, 5.41) is 8.61. The van der Waals surface area contributed by atoms with Gasteiger partial charge in [0.2, 0.25) is 5.91 Å². The summed E-state index contributed by atoms with van der Waals surface area (Å²) in [5.74, 6) is -0.433. The number of nitrogens with zero attached hydrogens (tertiary/aromatic N) is 3. The molecule has 30 heavy (non-hydrogen) atoms. The zero-order valence-corrected chi connectivity index (χ0v) is 17.6. The fraction of sp³-hybridized carbons (Fsp3) is 0.304. The number of aryl methyl sites for hydroxylation is 1. The number of amides is 2. The average Bonchev–Trinajstić information content (AvgIpc) is 3.47. The van der Waals surface area contributed by atoms with E-state index in [0.29, 0.717) is 6.54 Å². The molecule has 0 radical (unpaired) electrons. The molecule has 1 saturated carbocycles. The van der Waals surface area contributed by atoms with Crippen LogP contribution in [0.2, 0.25) is 0 Å². The summed E-state index contributed by atoms with van der Waals surface area (Å²) < 4.78 is 3.82. The number of hydrogen-bond acceptors (Lipinski definition) is 5. The number of aromatic nitrogens is 2. The van der Waals surface area contributed by atoms with E-state index in [0.717, 1.165) is 41.9 Å². The summed E-state index contributed by atoms with van der Waals surface area (Å²) in [6, 6.07) is 17.0. The Kier molecular flexibility index (Phi) is 6.18. The molecule has 1 aromatic heterocycles. The summed E-state index contributed by atoms with van der Waals surface area (Å²) >= 11 is 1.14. The second-order valence-corrected chi connectivity index (χ2v) is 8.04. The van der Waals surface area contributed by atoms with Gasteiger partial charge in [-0.3, -0.25) is 9.59 Å². The van der Waals surface area contributed by atoms with Crippen LogP contribution in [0.3, 0.4) is 0 Å². The SMILES string of the molecule is CCc1ccc([C@H](C(=O)NCc2ccccc2)N(C(=O)c2csnn2)C2CC2)cc1. The van der Waals surface area contributed by atoms with Crippen molar-refractivity contribution in [1.29, 1.82) is 0 Å². The van der Waals surface area contributed by atoms with Crippen LogP contribution >= 0.6 is 11.5 Å². The quantitative estimate of drug-likeness (QED) is 0.602. The minimum atomic E-state index is -0.707. The van der Waals surface area contributed by atoms with Crippen LogP contribution < -0.4 is 5.32 Å². The molecule has 6 nitrogen and oxygen atoms in total. The molecule has 154 valence electrons. The van der Waals surface area contributed by atoms with Crippen molar-refractivity contribution in [3.8, 4) is 0 Å². The van der Waals surface area contributed by atoms with Crippen molar-refractivity contribution in [1.82, 2.24) is 19.8 Å². The minimum Gasteiger partial charge on any atom is -0.350 e. The van der Waals surface area contributed by atoms with Crippen molar-refractivity contribution in [2.45, 2.75) is 44.8 Å². The standard InChI is InChI=1S/C23H24N4O2S/c1-2-16-8-10-18(11-9-16)21(22(28)24-14-17-6-4-3-5-7-17)27(19-12-13-19)23(29)20-15-30-26-25-20/h3-11,15,19,21H,2,12-14H2,1H3,(H,24,28)/t21-/m1/s1. The number of carbonyl (C=O) groups excluding carboxylic acids is 2. The normalized spacial score (nSPS) is 14.2. The van der Waals surface area contributed by atoms with E-state index in [-0.39, 0.29) is 23.6 Å². The zero-order valence-electron chi connectivity index (χ0n) is 16.8. The Labute approximate surface area is 180 Å². The van der Waals surface area contributed by atoms with Gasteiger partial charge in [0.1, 0.15) is 6.04 Å². The molecule has 1 heterocycles. The van der Waals surface area contributed by atoms with E-state index in [9.17, 15) is 9.59 Å². The molecule has 2 aromatic carbocycles. The molecule has 3 aromatic rings. The first kappa shape index (κ1) is 20.2. The lowest BCUT2D eigenvalue weighted by molar-refractivity contribution is -0.126. The molecule has 0 unspecified atom stereocenters. The predicted octanol–water partition coefficient (Wildman–Crippen LogP) is 3.76. The molecule has 0 saturated heterocycles. The van der Waals surface area contributed by atoms with Gasteiger partial charge in [-0.2, -0.15) is 0 Å². The van der Waals surface area contributed by atoms with Gasteiger partial charge in [-0.1, -0.05) is 66.0 Å². The maximum absolute atomic E-state index is 13.4. The Bertz CT molecular complexity index is 986. The van der Waals surface area contributed by atoms with E-state index in [1.54, 1.807) is 10.3 Å². The molecule has 0 aliphatic heterocycles. The van der Waals surface area contributed by atoms with Crippen LogP contribution in [0.4, 0.5) is 0 Å². The van der Waals surface area contributed by atoms with Gasteiger partial charge < -0.3 is 10.2 Å². The molecular weight excluding hydrogens is 396 g/mol. The van der Waals surface area contributed by atoms with E-state index in [1.807, 2.05) is 54.6 Å². The number of nitrogens with one attached hydrogen (secondary N) is 1.